The van der Waals surface area contributed by atoms with E-state index in [1.165, 1.54) is 0 Å². The molecule has 6 heteroatoms. The van der Waals surface area contributed by atoms with E-state index < -0.39 is 18.0 Å². The molecule has 116 valence electrons. The summed E-state index contributed by atoms with van der Waals surface area (Å²) in [7, 11) is 0. The Morgan fingerprint density at radius 3 is 2.65 bits per heavy atom. The molecular formula is C14H23F3N2O. The summed E-state index contributed by atoms with van der Waals surface area (Å²) >= 11 is 0. The maximum Gasteiger partial charge on any atom is 0.391 e. The summed E-state index contributed by atoms with van der Waals surface area (Å²) in [4.78, 5) is 11.9. The number of hydrogen-bond donors (Lipinski definition) is 2. The minimum absolute atomic E-state index is 0.0446. The Kier molecular flexibility index (Phi) is 5.29. The quantitative estimate of drug-likeness (QED) is 0.836. The van der Waals surface area contributed by atoms with E-state index in [9.17, 15) is 18.0 Å². The van der Waals surface area contributed by atoms with Crippen molar-refractivity contribution >= 4 is 5.91 Å². The average Bonchev–Trinajstić information content (AvgIpc) is 2.91. The first-order valence-corrected chi connectivity index (χ1v) is 7.54. The van der Waals surface area contributed by atoms with E-state index in [0.717, 1.165) is 25.8 Å². The number of rotatable bonds is 4. The van der Waals surface area contributed by atoms with Gasteiger partial charge < -0.3 is 10.6 Å². The van der Waals surface area contributed by atoms with Crippen LogP contribution in [0.5, 0.6) is 0 Å². The summed E-state index contributed by atoms with van der Waals surface area (Å²) in [6, 6.07) is 0.449. The summed E-state index contributed by atoms with van der Waals surface area (Å²) in [5.41, 5.74) is 0. The molecule has 1 aliphatic heterocycles. The van der Waals surface area contributed by atoms with Gasteiger partial charge in [-0.05, 0) is 45.1 Å². The number of carbonyl (C=O) groups excluding carboxylic acids is 1. The number of halogens is 3. The van der Waals surface area contributed by atoms with Crippen molar-refractivity contribution < 1.29 is 18.0 Å². The van der Waals surface area contributed by atoms with Gasteiger partial charge in [0.25, 0.3) is 0 Å². The lowest BCUT2D eigenvalue weighted by molar-refractivity contribution is -0.186. The average molecular weight is 292 g/mol. The molecule has 1 aliphatic carbocycles. The molecular weight excluding hydrogens is 269 g/mol. The van der Waals surface area contributed by atoms with Crippen LogP contribution in [0.25, 0.3) is 0 Å². The van der Waals surface area contributed by atoms with E-state index >= 15 is 0 Å². The van der Waals surface area contributed by atoms with Gasteiger partial charge in [0.1, 0.15) is 0 Å². The maximum absolute atomic E-state index is 12.7. The van der Waals surface area contributed by atoms with Crippen molar-refractivity contribution in [1.29, 1.82) is 0 Å². The minimum Gasteiger partial charge on any atom is -0.356 e. The first-order chi connectivity index (χ1) is 9.47. The third-order valence-electron chi connectivity index (χ3n) is 4.46. The zero-order valence-corrected chi connectivity index (χ0v) is 11.6. The molecule has 1 saturated carbocycles. The minimum atomic E-state index is -4.16. The molecule has 2 fully saturated rings. The molecule has 3 atom stereocenters. The fourth-order valence-electron chi connectivity index (χ4n) is 3.24. The van der Waals surface area contributed by atoms with Gasteiger partial charge in [0, 0.05) is 18.5 Å². The zero-order valence-electron chi connectivity index (χ0n) is 11.6. The Morgan fingerprint density at radius 1 is 1.20 bits per heavy atom. The van der Waals surface area contributed by atoms with Crippen molar-refractivity contribution in [2.45, 2.75) is 57.2 Å². The third-order valence-corrected chi connectivity index (χ3v) is 4.46. The van der Waals surface area contributed by atoms with Crippen molar-refractivity contribution in [2.75, 3.05) is 13.1 Å². The highest BCUT2D eigenvalue weighted by Gasteiger charge is 2.43. The molecule has 1 amide bonds. The Balaban J connectivity index is 1.71. The summed E-state index contributed by atoms with van der Waals surface area (Å²) in [5.74, 6) is -1.97. The van der Waals surface area contributed by atoms with Gasteiger partial charge in [-0.3, -0.25) is 4.79 Å². The SMILES string of the molecule is O=C(NCC[C@@H]1CCCN1)C1CCCC(C(F)(F)F)C1. The van der Waals surface area contributed by atoms with Gasteiger partial charge in [0.2, 0.25) is 5.91 Å². The van der Waals surface area contributed by atoms with Crippen LogP contribution >= 0.6 is 0 Å². The van der Waals surface area contributed by atoms with Gasteiger partial charge in [-0.15, -0.1) is 0 Å². The topological polar surface area (TPSA) is 41.1 Å². The van der Waals surface area contributed by atoms with Crippen LogP contribution in [-0.2, 0) is 4.79 Å². The van der Waals surface area contributed by atoms with Crippen LogP contribution in [0.2, 0.25) is 0 Å². The Labute approximate surface area is 117 Å². The fourth-order valence-corrected chi connectivity index (χ4v) is 3.24. The van der Waals surface area contributed by atoms with Gasteiger partial charge in [-0.2, -0.15) is 13.2 Å². The third kappa shape index (κ3) is 4.36. The molecule has 1 heterocycles. The molecule has 20 heavy (non-hydrogen) atoms. The van der Waals surface area contributed by atoms with Crippen molar-refractivity contribution in [3.8, 4) is 0 Å². The van der Waals surface area contributed by atoms with Gasteiger partial charge >= 0.3 is 6.18 Å². The lowest BCUT2D eigenvalue weighted by Gasteiger charge is -2.29. The molecule has 2 N–H and O–H groups in total. The molecule has 0 aromatic heterocycles. The number of amides is 1. The predicted molar refractivity (Wildman–Crippen MR) is 70.2 cm³/mol. The fraction of sp³-hybridized carbons (Fsp3) is 0.929. The molecule has 0 radical (unpaired) electrons. The Hall–Kier alpha value is -0.780. The molecule has 2 unspecified atom stereocenters. The molecule has 0 bridgehead atoms. The van der Waals surface area contributed by atoms with Crippen LogP contribution < -0.4 is 10.6 Å². The van der Waals surface area contributed by atoms with Crippen LogP contribution in [-0.4, -0.2) is 31.2 Å². The van der Waals surface area contributed by atoms with Crippen LogP contribution in [0.3, 0.4) is 0 Å². The molecule has 1 saturated heterocycles. The number of hydrogen-bond acceptors (Lipinski definition) is 2. The van der Waals surface area contributed by atoms with E-state index in [1.807, 2.05) is 0 Å². The summed E-state index contributed by atoms with van der Waals surface area (Å²) < 4.78 is 38.1. The molecule has 2 aliphatic rings. The highest BCUT2D eigenvalue weighted by molar-refractivity contribution is 5.78. The zero-order chi connectivity index (χ0) is 14.6. The van der Waals surface area contributed by atoms with Crippen LogP contribution in [0.1, 0.15) is 44.9 Å². The second-order valence-electron chi connectivity index (χ2n) is 5.98. The number of alkyl halides is 3. The monoisotopic (exact) mass is 292 g/mol. The molecule has 0 aromatic carbocycles. The van der Waals surface area contributed by atoms with Crippen LogP contribution in [0, 0.1) is 11.8 Å². The highest BCUT2D eigenvalue weighted by Crippen LogP contribution is 2.39. The predicted octanol–water partition coefficient (Wildman–Crippen LogP) is 2.61. The molecule has 0 aromatic rings. The highest BCUT2D eigenvalue weighted by atomic mass is 19.4. The standard InChI is InChI=1S/C14H23F3N2O/c15-14(16,17)11-4-1-3-10(9-11)13(20)19-8-6-12-5-2-7-18-12/h10-12,18H,1-9H2,(H,19,20)/t10?,11?,12-/m0/s1. The van der Waals surface area contributed by atoms with Crippen LogP contribution in [0.15, 0.2) is 0 Å². The summed E-state index contributed by atoms with van der Waals surface area (Å²) in [5, 5.41) is 6.14. The smallest absolute Gasteiger partial charge is 0.356 e. The Morgan fingerprint density at radius 2 is 2.00 bits per heavy atom. The largest absolute Gasteiger partial charge is 0.391 e. The van der Waals surface area contributed by atoms with E-state index in [4.69, 9.17) is 0 Å². The van der Waals surface area contributed by atoms with Crippen molar-refractivity contribution in [1.82, 2.24) is 10.6 Å². The number of carbonyl (C=O) groups is 1. The van der Waals surface area contributed by atoms with Crippen molar-refractivity contribution in [3.63, 3.8) is 0 Å². The van der Waals surface area contributed by atoms with Gasteiger partial charge in [0.15, 0.2) is 0 Å². The lowest BCUT2D eigenvalue weighted by atomic mass is 9.80. The van der Waals surface area contributed by atoms with Gasteiger partial charge in [-0.25, -0.2) is 0 Å². The van der Waals surface area contributed by atoms with Crippen molar-refractivity contribution in [2.24, 2.45) is 11.8 Å². The lowest BCUT2D eigenvalue weighted by Crippen LogP contribution is -2.38. The van der Waals surface area contributed by atoms with Gasteiger partial charge in [0.05, 0.1) is 5.92 Å². The first kappa shape index (κ1) is 15.6. The second kappa shape index (κ2) is 6.78. The number of nitrogens with one attached hydrogen (secondary N) is 2. The molecule has 2 rings (SSSR count). The maximum atomic E-state index is 12.7. The molecule has 3 nitrogen and oxygen atoms in total. The van der Waals surface area contributed by atoms with E-state index in [0.29, 0.717) is 25.4 Å². The second-order valence-corrected chi connectivity index (χ2v) is 5.98. The van der Waals surface area contributed by atoms with Crippen molar-refractivity contribution in [3.05, 3.63) is 0 Å². The molecule has 0 spiro atoms. The first-order valence-electron chi connectivity index (χ1n) is 7.54. The van der Waals surface area contributed by atoms with E-state index in [-0.39, 0.29) is 18.7 Å². The van der Waals surface area contributed by atoms with Crippen LogP contribution in [0.4, 0.5) is 13.2 Å². The van der Waals surface area contributed by atoms with E-state index in [1.54, 1.807) is 0 Å². The summed E-state index contributed by atoms with van der Waals surface area (Å²) in [6.45, 7) is 1.58. The van der Waals surface area contributed by atoms with Gasteiger partial charge in [-0.1, -0.05) is 6.42 Å². The Bertz CT molecular complexity index is 327. The summed E-state index contributed by atoms with van der Waals surface area (Å²) in [6.07, 6.45) is 0.181. The normalized spacial score (nSPS) is 31.2. The van der Waals surface area contributed by atoms with E-state index in [2.05, 4.69) is 10.6 Å².